The number of carbonyl (C=O) groups is 2. The Kier molecular flexibility index (Phi) is 5.70. The minimum Gasteiger partial charge on any atom is -0.452 e. The largest absolute Gasteiger partial charge is 0.452 e. The number of para-hydroxylation sites is 1. The van der Waals surface area contributed by atoms with E-state index in [1.54, 1.807) is 42.5 Å². The van der Waals surface area contributed by atoms with Crippen LogP contribution in [0.2, 0.25) is 0 Å². The fourth-order valence-corrected chi connectivity index (χ4v) is 3.84. The van der Waals surface area contributed by atoms with Gasteiger partial charge in [0.05, 0.1) is 16.8 Å². The third kappa shape index (κ3) is 4.34. The molecule has 1 N–H and O–H groups in total. The van der Waals surface area contributed by atoms with Crippen LogP contribution in [0.25, 0.3) is 32.9 Å². The topological polar surface area (TPSA) is 68.3 Å². The van der Waals surface area contributed by atoms with Gasteiger partial charge in [-0.3, -0.25) is 4.79 Å². The molecule has 0 fully saturated rings. The molecule has 0 aliphatic heterocycles. The molecular formula is C28H19FN2O3. The molecule has 0 bridgehead atoms. The smallest absolute Gasteiger partial charge is 0.339 e. The normalized spacial score (nSPS) is 10.9. The van der Waals surface area contributed by atoms with Crippen LogP contribution in [0, 0.1) is 5.82 Å². The van der Waals surface area contributed by atoms with Gasteiger partial charge in [-0.25, -0.2) is 14.2 Å². The Morgan fingerprint density at radius 2 is 1.53 bits per heavy atom. The summed E-state index contributed by atoms with van der Waals surface area (Å²) in [6.45, 7) is -0.440. The summed E-state index contributed by atoms with van der Waals surface area (Å²) in [5, 5.41) is 5.30. The van der Waals surface area contributed by atoms with Gasteiger partial charge in [-0.05, 0) is 47.9 Å². The highest BCUT2D eigenvalue weighted by molar-refractivity contribution is 6.06. The molecule has 0 atom stereocenters. The van der Waals surface area contributed by atoms with Gasteiger partial charge in [0.2, 0.25) is 0 Å². The number of pyridine rings is 1. The van der Waals surface area contributed by atoms with E-state index in [-0.39, 0.29) is 11.4 Å². The minimum atomic E-state index is -0.643. The molecule has 0 unspecified atom stereocenters. The molecule has 0 radical (unpaired) electrons. The predicted octanol–water partition coefficient (Wildman–Crippen LogP) is 5.99. The van der Waals surface area contributed by atoms with Gasteiger partial charge in [0.1, 0.15) is 5.82 Å². The lowest BCUT2D eigenvalue weighted by Gasteiger charge is -2.11. The van der Waals surface area contributed by atoms with Crippen molar-refractivity contribution in [3.63, 3.8) is 0 Å². The van der Waals surface area contributed by atoms with E-state index in [1.807, 2.05) is 42.5 Å². The number of amides is 1. The van der Waals surface area contributed by atoms with Crippen LogP contribution in [-0.4, -0.2) is 23.5 Å². The lowest BCUT2D eigenvalue weighted by Crippen LogP contribution is -2.21. The number of benzene rings is 4. The summed E-state index contributed by atoms with van der Waals surface area (Å²) in [5.41, 5.74) is 2.69. The maximum absolute atomic E-state index is 13.3. The van der Waals surface area contributed by atoms with E-state index < -0.39 is 18.5 Å². The Morgan fingerprint density at radius 1 is 0.824 bits per heavy atom. The second-order valence-electron chi connectivity index (χ2n) is 7.73. The molecule has 34 heavy (non-hydrogen) atoms. The van der Waals surface area contributed by atoms with Crippen LogP contribution >= 0.6 is 0 Å². The first-order valence-corrected chi connectivity index (χ1v) is 10.7. The number of carbonyl (C=O) groups excluding carboxylic acids is 2. The molecule has 5 nitrogen and oxygen atoms in total. The van der Waals surface area contributed by atoms with E-state index in [4.69, 9.17) is 4.74 Å². The number of nitrogens with one attached hydrogen (secondary N) is 1. The van der Waals surface area contributed by atoms with Crippen molar-refractivity contribution in [1.29, 1.82) is 0 Å². The molecule has 0 aliphatic carbocycles. The number of fused-ring (bicyclic) bond motifs is 2. The molecule has 1 aromatic heterocycles. The number of halogens is 1. The van der Waals surface area contributed by atoms with E-state index in [0.717, 1.165) is 10.8 Å². The van der Waals surface area contributed by atoms with Crippen molar-refractivity contribution in [2.45, 2.75) is 0 Å². The van der Waals surface area contributed by atoms with Crippen LogP contribution in [-0.2, 0) is 9.53 Å². The molecule has 0 saturated carbocycles. The average molecular weight is 450 g/mol. The van der Waals surface area contributed by atoms with Crippen LogP contribution in [0.4, 0.5) is 10.1 Å². The quantitative estimate of drug-likeness (QED) is 0.334. The third-order valence-electron chi connectivity index (χ3n) is 5.47. The number of hydrogen-bond donors (Lipinski definition) is 1. The van der Waals surface area contributed by atoms with Crippen molar-refractivity contribution in [1.82, 2.24) is 4.98 Å². The summed E-state index contributed by atoms with van der Waals surface area (Å²) in [6, 6.07) is 27.9. The Balaban J connectivity index is 1.37. The zero-order valence-corrected chi connectivity index (χ0v) is 18.0. The first-order valence-electron chi connectivity index (χ1n) is 10.7. The van der Waals surface area contributed by atoms with Gasteiger partial charge in [0, 0.05) is 22.0 Å². The van der Waals surface area contributed by atoms with Crippen molar-refractivity contribution in [2.24, 2.45) is 0 Å². The molecule has 0 spiro atoms. The van der Waals surface area contributed by atoms with Gasteiger partial charge in [0.15, 0.2) is 6.61 Å². The zero-order valence-electron chi connectivity index (χ0n) is 18.0. The Bertz CT molecular complexity index is 1530. The SMILES string of the molecule is O=C(COC(=O)c1cc(-c2ccc(F)cc2)nc2ccccc12)Nc1cccc2ccccc12. The zero-order chi connectivity index (χ0) is 23.5. The first-order chi connectivity index (χ1) is 16.6. The van der Waals surface area contributed by atoms with Crippen molar-refractivity contribution in [3.05, 3.63) is 108 Å². The number of hydrogen-bond acceptors (Lipinski definition) is 4. The summed E-state index contributed by atoms with van der Waals surface area (Å²) in [4.78, 5) is 30.1. The van der Waals surface area contributed by atoms with E-state index in [0.29, 0.717) is 27.8 Å². The molecule has 166 valence electrons. The predicted molar refractivity (Wildman–Crippen MR) is 130 cm³/mol. The lowest BCUT2D eigenvalue weighted by atomic mass is 10.0. The highest BCUT2D eigenvalue weighted by Gasteiger charge is 2.17. The van der Waals surface area contributed by atoms with Crippen molar-refractivity contribution < 1.29 is 18.7 Å². The fourth-order valence-electron chi connectivity index (χ4n) is 3.84. The van der Waals surface area contributed by atoms with E-state index in [1.165, 1.54) is 12.1 Å². The molecular weight excluding hydrogens is 431 g/mol. The second kappa shape index (κ2) is 9.11. The molecule has 1 heterocycles. The number of esters is 1. The van der Waals surface area contributed by atoms with Crippen LogP contribution in [0.5, 0.6) is 0 Å². The average Bonchev–Trinajstić information content (AvgIpc) is 2.87. The minimum absolute atomic E-state index is 0.280. The van der Waals surface area contributed by atoms with E-state index >= 15 is 0 Å². The van der Waals surface area contributed by atoms with Crippen molar-refractivity contribution in [3.8, 4) is 11.3 Å². The van der Waals surface area contributed by atoms with Crippen LogP contribution in [0.3, 0.4) is 0 Å². The van der Waals surface area contributed by atoms with E-state index in [2.05, 4.69) is 10.3 Å². The van der Waals surface area contributed by atoms with Crippen LogP contribution < -0.4 is 5.32 Å². The number of rotatable bonds is 5. The van der Waals surface area contributed by atoms with Gasteiger partial charge >= 0.3 is 5.97 Å². The number of ether oxygens (including phenoxy) is 1. The molecule has 5 rings (SSSR count). The molecule has 0 aliphatic rings. The molecule has 6 heteroatoms. The lowest BCUT2D eigenvalue weighted by molar-refractivity contribution is -0.119. The van der Waals surface area contributed by atoms with Gasteiger partial charge in [0.25, 0.3) is 5.91 Å². The number of anilines is 1. The third-order valence-corrected chi connectivity index (χ3v) is 5.47. The van der Waals surface area contributed by atoms with Gasteiger partial charge in [-0.15, -0.1) is 0 Å². The van der Waals surface area contributed by atoms with Crippen molar-refractivity contribution in [2.75, 3.05) is 11.9 Å². The second-order valence-corrected chi connectivity index (χ2v) is 7.73. The van der Waals surface area contributed by atoms with Crippen LogP contribution in [0.1, 0.15) is 10.4 Å². The molecule has 1 amide bonds. The maximum atomic E-state index is 13.3. The van der Waals surface area contributed by atoms with E-state index in [9.17, 15) is 14.0 Å². The standard InChI is InChI=1S/C28H19FN2O3/c29-20-14-12-19(13-15-20)26-16-23(22-9-3-4-10-25(22)30-26)28(33)34-17-27(32)31-24-11-5-7-18-6-1-2-8-21(18)24/h1-16H,17H2,(H,31,32). The Labute approximate surface area is 194 Å². The van der Waals surface area contributed by atoms with Gasteiger partial charge < -0.3 is 10.1 Å². The summed E-state index contributed by atoms with van der Waals surface area (Å²) < 4.78 is 18.7. The monoisotopic (exact) mass is 450 g/mol. The summed E-state index contributed by atoms with van der Waals surface area (Å²) in [5.74, 6) is -1.45. The first kappa shape index (κ1) is 21.3. The Morgan fingerprint density at radius 3 is 2.35 bits per heavy atom. The van der Waals surface area contributed by atoms with Gasteiger partial charge in [-0.2, -0.15) is 0 Å². The highest BCUT2D eigenvalue weighted by atomic mass is 19.1. The fraction of sp³-hybridized carbons (Fsp3) is 0.0357. The summed E-state index contributed by atoms with van der Waals surface area (Å²) in [7, 11) is 0. The Hall–Kier alpha value is -4.58. The molecule has 4 aromatic carbocycles. The van der Waals surface area contributed by atoms with Crippen LogP contribution in [0.15, 0.2) is 97.1 Å². The highest BCUT2D eigenvalue weighted by Crippen LogP contribution is 2.26. The summed E-state index contributed by atoms with van der Waals surface area (Å²) >= 11 is 0. The van der Waals surface area contributed by atoms with Crippen molar-refractivity contribution >= 4 is 39.2 Å². The molecule has 5 aromatic rings. The molecule has 0 saturated heterocycles. The van der Waals surface area contributed by atoms with Gasteiger partial charge in [-0.1, -0.05) is 54.6 Å². The maximum Gasteiger partial charge on any atom is 0.339 e. The number of nitrogens with zero attached hydrogens (tertiary/aromatic N) is 1. The number of aromatic nitrogens is 1. The summed E-state index contributed by atoms with van der Waals surface area (Å²) in [6.07, 6.45) is 0.